The van der Waals surface area contributed by atoms with E-state index in [2.05, 4.69) is 25.2 Å². The second-order valence-electron chi connectivity index (χ2n) is 5.44. The lowest BCUT2D eigenvalue weighted by atomic mass is 10.0. The molecule has 4 nitrogen and oxygen atoms in total. The van der Waals surface area contributed by atoms with E-state index >= 15 is 0 Å². The fourth-order valence-corrected chi connectivity index (χ4v) is 2.62. The van der Waals surface area contributed by atoms with E-state index in [1.165, 1.54) is 5.56 Å². The minimum absolute atomic E-state index is 0.0939. The predicted molar refractivity (Wildman–Crippen MR) is 80.0 cm³/mol. The quantitative estimate of drug-likeness (QED) is 0.897. The van der Waals surface area contributed by atoms with Crippen LogP contribution in [0.5, 0.6) is 5.75 Å². The van der Waals surface area contributed by atoms with Crippen LogP contribution in [0.1, 0.15) is 36.9 Å². The highest BCUT2D eigenvalue weighted by atomic mass is 16.5. The number of aryl methyl sites for hydroxylation is 1. The van der Waals surface area contributed by atoms with Gasteiger partial charge in [0.15, 0.2) is 0 Å². The molecule has 1 unspecified atom stereocenters. The minimum atomic E-state index is 0.0939. The molecule has 2 rings (SSSR count). The van der Waals surface area contributed by atoms with E-state index in [0.717, 1.165) is 37.2 Å². The Hall–Kier alpha value is -1.55. The standard InChI is InChI=1S/C16H24N2O2/c1-12-6-7-15(20-3)14(10-12)13(2)17-11-16(19)18-8-4-5-9-18/h6-7,10,13,17H,4-5,8-9,11H2,1-3H3. The van der Waals surface area contributed by atoms with Gasteiger partial charge in [-0.3, -0.25) is 4.79 Å². The van der Waals surface area contributed by atoms with Gasteiger partial charge in [0.2, 0.25) is 5.91 Å². The Bertz CT molecular complexity index is 468. The summed E-state index contributed by atoms with van der Waals surface area (Å²) in [7, 11) is 1.68. The number of carbonyl (C=O) groups excluding carboxylic acids is 1. The van der Waals surface area contributed by atoms with Crippen LogP contribution in [0.2, 0.25) is 0 Å². The van der Waals surface area contributed by atoms with E-state index in [1.54, 1.807) is 7.11 Å². The Morgan fingerprint density at radius 3 is 2.75 bits per heavy atom. The predicted octanol–water partition coefficient (Wildman–Crippen LogP) is 2.28. The number of nitrogens with one attached hydrogen (secondary N) is 1. The van der Waals surface area contributed by atoms with Crippen molar-refractivity contribution in [2.24, 2.45) is 0 Å². The molecule has 4 heteroatoms. The van der Waals surface area contributed by atoms with Gasteiger partial charge in [-0.2, -0.15) is 0 Å². The number of amides is 1. The van der Waals surface area contributed by atoms with Crippen LogP contribution < -0.4 is 10.1 Å². The van der Waals surface area contributed by atoms with E-state index in [4.69, 9.17) is 4.74 Å². The van der Waals surface area contributed by atoms with Gasteiger partial charge in [0.25, 0.3) is 0 Å². The topological polar surface area (TPSA) is 41.6 Å². The van der Waals surface area contributed by atoms with E-state index in [-0.39, 0.29) is 11.9 Å². The van der Waals surface area contributed by atoms with Crippen molar-refractivity contribution < 1.29 is 9.53 Å². The molecule has 1 saturated heterocycles. The maximum absolute atomic E-state index is 12.0. The Labute approximate surface area is 121 Å². The van der Waals surface area contributed by atoms with Crippen LogP contribution >= 0.6 is 0 Å². The summed E-state index contributed by atoms with van der Waals surface area (Å²) in [6.07, 6.45) is 2.26. The minimum Gasteiger partial charge on any atom is -0.496 e. The number of nitrogens with zero attached hydrogens (tertiary/aromatic N) is 1. The van der Waals surface area contributed by atoms with Crippen LogP contribution in [-0.2, 0) is 4.79 Å². The summed E-state index contributed by atoms with van der Waals surface area (Å²) in [4.78, 5) is 14.0. The van der Waals surface area contributed by atoms with Gasteiger partial charge in [0.05, 0.1) is 13.7 Å². The summed E-state index contributed by atoms with van der Waals surface area (Å²) >= 11 is 0. The summed E-state index contributed by atoms with van der Waals surface area (Å²) in [6.45, 7) is 6.32. The molecule has 0 bridgehead atoms. The molecule has 1 fully saturated rings. The average molecular weight is 276 g/mol. The van der Waals surface area contributed by atoms with Gasteiger partial charge in [-0.15, -0.1) is 0 Å². The monoisotopic (exact) mass is 276 g/mol. The molecule has 1 atom stereocenters. The molecule has 20 heavy (non-hydrogen) atoms. The highest BCUT2D eigenvalue weighted by molar-refractivity contribution is 5.78. The Morgan fingerprint density at radius 1 is 1.40 bits per heavy atom. The van der Waals surface area contributed by atoms with Crippen molar-refractivity contribution in [1.82, 2.24) is 10.2 Å². The fraction of sp³-hybridized carbons (Fsp3) is 0.562. The zero-order valence-electron chi connectivity index (χ0n) is 12.6. The van der Waals surface area contributed by atoms with Gasteiger partial charge in [-0.25, -0.2) is 0 Å². The Morgan fingerprint density at radius 2 is 2.10 bits per heavy atom. The van der Waals surface area contributed by atoms with Crippen molar-refractivity contribution in [3.05, 3.63) is 29.3 Å². The number of likely N-dealkylation sites (tertiary alicyclic amines) is 1. The molecule has 1 aromatic rings. The van der Waals surface area contributed by atoms with Crippen molar-refractivity contribution in [3.8, 4) is 5.75 Å². The van der Waals surface area contributed by atoms with Crippen LogP contribution in [0, 0.1) is 6.92 Å². The zero-order chi connectivity index (χ0) is 14.5. The van der Waals surface area contributed by atoms with Gasteiger partial charge < -0.3 is 15.0 Å². The maximum atomic E-state index is 12.0. The van der Waals surface area contributed by atoms with Crippen LogP contribution in [0.25, 0.3) is 0 Å². The van der Waals surface area contributed by atoms with Gasteiger partial charge in [0.1, 0.15) is 5.75 Å². The van der Waals surface area contributed by atoms with E-state index in [9.17, 15) is 4.79 Å². The number of rotatable bonds is 5. The molecule has 0 spiro atoms. The number of benzene rings is 1. The summed E-state index contributed by atoms with van der Waals surface area (Å²) in [5.41, 5.74) is 2.29. The number of hydrogen-bond acceptors (Lipinski definition) is 3. The first-order chi connectivity index (χ1) is 9.61. The van der Waals surface area contributed by atoms with Crippen LogP contribution in [0.3, 0.4) is 0 Å². The lowest BCUT2D eigenvalue weighted by molar-refractivity contribution is -0.129. The third-order valence-corrected chi connectivity index (χ3v) is 3.87. The summed E-state index contributed by atoms with van der Waals surface area (Å²) in [5.74, 6) is 1.06. The Balaban J connectivity index is 1.95. The van der Waals surface area contributed by atoms with Crippen LogP contribution in [0.15, 0.2) is 18.2 Å². The number of ether oxygens (including phenoxy) is 1. The van der Waals surface area contributed by atoms with Crippen molar-refractivity contribution >= 4 is 5.91 Å². The van der Waals surface area contributed by atoms with Gasteiger partial charge >= 0.3 is 0 Å². The molecule has 1 aromatic carbocycles. The van der Waals surface area contributed by atoms with Gasteiger partial charge in [0, 0.05) is 24.7 Å². The Kier molecular flexibility index (Phi) is 5.01. The lowest BCUT2D eigenvalue weighted by Gasteiger charge is -2.20. The molecule has 0 radical (unpaired) electrons. The molecule has 1 amide bonds. The van der Waals surface area contributed by atoms with E-state index in [0.29, 0.717) is 6.54 Å². The molecule has 0 aliphatic carbocycles. The van der Waals surface area contributed by atoms with Crippen molar-refractivity contribution in [3.63, 3.8) is 0 Å². The second kappa shape index (κ2) is 6.75. The summed E-state index contributed by atoms with van der Waals surface area (Å²) in [6, 6.07) is 6.21. The molecular weight excluding hydrogens is 252 g/mol. The highest BCUT2D eigenvalue weighted by Crippen LogP contribution is 2.25. The van der Waals surface area contributed by atoms with E-state index in [1.807, 2.05) is 17.0 Å². The zero-order valence-corrected chi connectivity index (χ0v) is 12.6. The fourth-order valence-electron chi connectivity index (χ4n) is 2.62. The maximum Gasteiger partial charge on any atom is 0.236 e. The van der Waals surface area contributed by atoms with Crippen LogP contribution in [0.4, 0.5) is 0 Å². The third-order valence-electron chi connectivity index (χ3n) is 3.87. The number of hydrogen-bond donors (Lipinski definition) is 1. The third kappa shape index (κ3) is 3.51. The smallest absolute Gasteiger partial charge is 0.236 e. The largest absolute Gasteiger partial charge is 0.496 e. The summed E-state index contributed by atoms with van der Waals surface area (Å²) < 4.78 is 5.39. The second-order valence-corrected chi connectivity index (χ2v) is 5.44. The van der Waals surface area contributed by atoms with Crippen molar-refractivity contribution in [2.75, 3.05) is 26.7 Å². The molecule has 1 aliphatic rings. The lowest BCUT2D eigenvalue weighted by Crippen LogP contribution is -2.37. The van der Waals surface area contributed by atoms with Crippen LogP contribution in [-0.4, -0.2) is 37.6 Å². The highest BCUT2D eigenvalue weighted by Gasteiger charge is 2.19. The number of carbonyl (C=O) groups is 1. The SMILES string of the molecule is COc1ccc(C)cc1C(C)NCC(=O)N1CCCC1. The summed E-state index contributed by atoms with van der Waals surface area (Å²) in [5, 5.41) is 3.31. The van der Waals surface area contributed by atoms with Crippen molar-refractivity contribution in [1.29, 1.82) is 0 Å². The molecule has 1 heterocycles. The molecular formula is C16H24N2O2. The van der Waals surface area contributed by atoms with Gasteiger partial charge in [-0.1, -0.05) is 17.7 Å². The first kappa shape index (κ1) is 14.9. The number of methoxy groups -OCH3 is 1. The van der Waals surface area contributed by atoms with Gasteiger partial charge in [-0.05, 0) is 32.8 Å². The molecule has 0 aromatic heterocycles. The first-order valence-electron chi connectivity index (χ1n) is 7.27. The molecule has 1 N–H and O–H groups in total. The molecule has 0 saturated carbocycles. The van der Waals surface area contributed by atoms with Crippen molar-refractivity contribution in [2.45, 2.75) is 32.7 Å². The molecule has 1 aliphatic heterocycles. The molecule has 110 valence electrons. The average Bonchev–Trinajstić information content (AvgIpc) is 2.98. The normalized spacial score (nSPS) is 16.2. The van der Waals surface area contributed by atoms with E-state index < -0.39 is 0 Å². The first-order valence-corrected chi connectivity index (χ1v) is 7.27.